The molecule has 3 aromatic rings. The number of amides is 1. The van der Waals surface area contributed by atoms with Gasteiger partial charge < -0.3 is 19.5 Å². The van der Waals surface area contributed by atoms with Crippen molar-refractivity contribution >= 4 is 46.0 Å². The summed E-state index contributed by atoms with van der Waals surface area (Å²) in [7, 11) is 0. The molecule has 0 aliphatic carbocycles. The average Bonchev–Trinajstić information content (AvgIpc) is 2.88. The Morgan fingerprint density at radius 3 is 2.68 bits per heavy atom. The van der Waals surface area contributed by atoms with Crippen molar-refractivity contribution in [3.8, 4) is 0 Å². The first-order chi connectivity index (χ1) is 18.1. The van der Waals surface area contributed by atoms with Gasteiger partial charge in [0.2, 0.25) is 0 Å². The zero-order chi connectivity index (χ0) is 27.4. The highest BCUT2D eigenvalue weighted by molar-refractivity contribution is 7.98. The molecule has 1 aromatic carbocycles. The highest BCUT2D eigenvalue weighted by atomic mass is 32.2. The SMILES string of the molecule is CSc1ncc2cc(N3CCN(C(=O)OC(C)(C)C)c4c(C)cccc43)c(=O)n(CCCOCCO)c2n1. The number of hydrogen-bond donors (Lipinski definition) is 1. The molecule has 3 heterocycles. The van der Waals surface area contributed by atoms with E-state index in [1.165, 1.54) is 11.8 Å². The standard InChI is InChI=1S/C27H35N5O5S/c1-18-8-6-9-20-22(18)31(26(35)37-27(2,3)4)12-11-30(20)21-16-19-17-28-25(38-5)29-23(19)32(24(21)34)10-7-14-36-15-13-33/h6,8-9,16-17,33H,7,10-15H2,1-5H3. The minimum absolute atomic E-state index is 0.0449. The number of ether oxygens (including phenoxy) is 2. The molecule has 1 aliphatic rings. The summed E-state index contributed by atoms with van der Waals surface area (Å²) in [6.45, 7) is 9.28. The number of anilines is 3. The van der Waals surface area contributed by atoms with Gasteiger partial charge in [-0.25, -0.2) is 14.8 Å². The zero-order valence-corrected chi connectivity index (χ0v) is 23.4. The minimum Gasteiger partial charge on any atom is -0.443 e. The van der Waals surface area contributed by atoms with Crippen molar-refractivity contribution in [2.45, 2.75) is 51.4 Å². The monoisotopic (exact) mass is 541 g/mol. The molecule has 0 saturated heterocycles. The number of carbonyl (C=O) groups excluding carboxylic acids is 1. The highest BCUT2D eigenvalue weighted by Crippen LogP contribution is 2.40. The van der Waals surface area contributed by atoms with Gasteiger partial charge in [-0.3, -0.25) is 14.3 Å². The van der Waals surface area contributed by atoms with Crippen molar-refractivity contribution in [1.82, 2.24) is 14.5 Å². The third kappa shape index (κ3) is 5.95. The Labute approximate surface area is 226 Å². The number of aliphatic hydroxyl groups is 1. The van der Waals surface area contributed by atoms with Gasteiger partial charge in [-0.15, -0.1) is 0 Å². The molecule has 0 bridgehead atoms. The van der Waals surface area contributed by atoms with Crippen LogP contribution in [0.3, 0.4) is 0 Å². The third-order valence-electron chi connectivity index (χ3n) is 6.10. The Morgan fingerprint density at radius 1 is 1.18 bits per heavy atom. The molecule has 1 N–H and O–H groups in total. The van der Waals surface area contributed by atoms with Crippen molar-refractivity contribution in [3.63, 3.8) is 0 Å². The molecule has 38 heavy (non-hydrogen) atoms. The molecule has 1 amide bonds. The summed E-state index contributed by atoms with van der Waals surface area (Å²) in [5.74, 6) is 0. The minimum atomic E-state index is -0.625. The second kappa shape index (κ2) is 11.7. The van der Waals surface area contributed by atoms with E-state index in [4.69, 9.17) is 14.6 Å². The Hall–Kier alpha value is -3.15. The normalized spacial score (nSPS) is 13.6. The van der Waals surface area contributed by atoms with Crippen LogP contribution in [0.4, 0.5) is 21.9 Å². The molecule has 2 aromatic heterocycles. The number of rotatable bonds is 8. The lowest BCUT2D eigenvalue weighted by molar-refractivity contribution is 0.0580. The average molecular weight is 542 g/mol. The maximum absolute atomic E-state index is 14.0. The third-order valence-corrected chi connectivity index (χ3v) is 6.67. The lowest BCUT2D eigenvalue weighted by Crippen LogP contribution is -2.46. The second-order valence-corrected chi connectivity index (χ2v) is 10.8. The smallest absolute Gasteiger partial charge is 0.414 e. The molecular formula is C27H35N5O5S. The second-order valence-electron chi connectivity index (χ2n) is 10.0. The highest BCUT2D eigenvalue weighted by Gasteiger charge is 2.33. The van der Waals surface area contributed by atoms with E-state index in [0.717, 1.165) is 22.3 Å². The fourth-order valence-corrected chi connectivity index (χ4v) is 4.85. The number of fused-ring (bicyclic) bond motifs is 2. The first-order valence-corrected chi connectivity index (χ1v) is 13.9. The molecule has 1 aliphatic heterocycles. The van der Waals surface area contributed by atoms with Gasteiger partial charge in [-0.1, -0.05) is 23.9 Å². The van der Waals surface area contributed by atoms with Gasteiger partial charge in [0.15, 0.2) is 5.16 Å². The summed E-state index contributed by atoms with van der Waals surface area (Å²) in [5, 5.41) is 10.3. The summed E-state index contributed by atoms with van der Waals surface area (Å²) >= 11 is 1.41. The Balaban J connectivity index is 1.79. The van der Waals surface area contributed by atoms with E-state index in [2.05, 4.69) is 9.97 Å². The quantitative estimate of drug-likeness (QED) is 0.256. The topological polar surface area (TPSA) is 110 Å². The van der Waals surface area contributed by atoms with E-state index >= 15 is 0 Å². The first kappa shape index (κ1) is 27.9. The van der Waals surface area contributed by atoms with Crippen LogP contribution in [-0.2, 0) is 16.0 Å². The molecule has 0 fully saturated rings. The Morgan fingerprint density at radius 2 is 1.97 bits per heavy atom. The maximum Gasteiger partial charge on any atom is 0.414 e. The van der Waals surface area contributed by atoms with Gasteiger partial charge in [0.05, 0.1) is 24.6 Å². The van der Waals surface area contributed by atoms with Crippen LogP contribution in [0.2, 0.25) is 0 Å². The summed E-state index contributed by atoms with van der Waals surface area (Å²) in [4.78, 5) is 39.7. The molecule has 0 unspecified atom stereocenters. The van der Waals surface area contributed by atoms with Gasteiger partial charge in [0.25, 0.3) is 5.56 Å². The molecule has 0 atom stereocenters. The van der Waals surface area contributed by atoms with Gasteiger partial charge in [-0.2, -0.15) is 0 Å². The lowest BCUT2D eigenvalue weighted by Gasteiger charge is -2.39. The van der Waals surface area contributed by atoms with Crippen LogP contribution in [0, 0.1) is 6.92 Å². The number of carbonyl (C=O) groups is 1. The van der Waals surface area contributed by atoms with Crippen LogP contribution in [0.1, 0.15) is 32.8 Å². The van der Waals surface area contributed by atoms with E-state index in [-0.39, 0.29) is 18.8 Å². The summed E-state index contributed by atoms with van der Waals surface area (Å²) in [6.07, 6.45) is 3.80. The predicted molar refractivity (Wildman–Crippen MR) is 150 cm³/mol. The molecule has 10 nitrogen and oxygen atoms in total. The number of aryl methyl sites for hydroxylation is 2. The number of hydrogen-bond acceptors (Lipinski definition) is 9. The van der Waals surface area contributed by atoms with Gasteiger partial charge in [0.1, 0.15) is 16.9 Å². The summed E-state index contributed by atoms with van der Waals surface area (Å²) in [6, 6.07) is 7.62. The van der Waals surface area contributed by atoms with E-state index in [9.17, 15) is 9.59 Å². The van der Waals surface area contributed by atoms with Crippen LogP contribution >= 0.6 is 11.8 Å². The predicted octanol–water partition coefficient (Wildman–Crippen LogP) is 4.11. The van der Waals surface area contributed by atoms with E-state index in [1.807, 2.05) is 63.1 Å². The number of benzene rings is 1. The number of pyridine rings is 1. The van der Waals surface area contributed by atoms with Crippen LogP contribution in [0.15, 0.2) is 40.4 Å². The fourth-order valence-electron chi connectivity index (χ4n) is 4.51. The molecule has 204 valence electrons. The van der Waals surface area contributed by atoms with E-state index < -0.39 is 11.7 Å². The fraction of sp³-hybridized carbons (Fsp3) is 0.481. The maximum atomic E-state index is 14.0. The van der Waals surface area contributed by atoms with Crippen LogP contribution < -0.4 is 15.4 Å². The lowest BCUT2D eigenvalue weighted by atomic mass is 10.1. The summed E-state index contributed by atoms with van der Waals surface area (Å²) in [5.41, 5.74) is 2.65. The largest absolute Gasteiger partial charge is 0.443 e. The number of nitrogens with zero attached hydrogens (tertiary/aromatic N) is 5. The van der Waals surface area contributed by atoms with Gasteiger partial charge in [-0.05, 0) is 58.1 Å². The Kier molecular flexibility index (Phi) is 8.59. The van der Waals surface area contributed by atoms with Gasteiger partial charge >= 0.3 is 6.09 Å². The molecule has 0 saturated carbocycles. The molecule has 4 rings (SSSR count). The number of para-hydroxylation sites is 1. The molecule has 0 spiro atoms. The van der Waals surface area contributed by atoms with Crippen molar-refractivity contribution in [2.75, 3.05) is 49.0 Å². The van der Waals surface area contributed by atoms with Crippen molar-refractivity contribution < 1.29 is 19.4 Å². The van der Waals surface area contributed by atoms with Crippen molar-refractivity contribution in [3.05, 3.63) is 46.4 Å². The zero-order valence-electron chi connectivity index (χ0n) is 22.6. The van der Waals surface area contributed by atoms with Crippen LogP contribution in [0.25, 0.3) is 11.0 Å². The number of aliphatic hydroxyl groups excluding tert-OH is 1. The van der Waals surface area contributed by atoms with Crippen LogP contribution in [-0.4, -0.2) is 70.5 Å². The van der Waals surface area contributed by atoms with Crippen molar-refractivity contribution in [2.24, 2.45) is 0 Å². The first-order valence-electron chi connectivity index (χ1n) is 12.7. The molecule has 11 heteroatoms. The van der Waals surface area contributed by atoms with Crippen LogP contribution in [0.5, 0.6) is 0 Å². The Bertz CT molecular complexity index is 1370. The van der Waals surface area contributed by atoms with Gasteiger partial charge in [0, 0.05) is 37.8 Å². The number of aromatic nitrogens is 3. The molecule has 0 radical (unpaired) electrons. The number of thioether (sulfide) groups is 1. The van der Waals surface area contributed by atoms with E-state index in [1.54, 1.807) is 15.7 Å². The van der Waals surface area contributed by atoms with Crippen molar-refractivity contribution in [1.29, 1.82) is 0 Å². The van der Waals surface area contributed by atoms with E-state index in [0.29, 0.717) is 49.2 Å². The summed E-state index contributed by atoms with van der Waals surface area (Å²) < 4.78 is 12.8. The molecular weight excluding hydrogens is 506 g/mol.